The van der Waals surface area contributed by atoms with Gasteiger partial charge in [-0.1, -0.05) is 37.1 Å². The van der Waals surface area contributed by atoms with Crippen LogP contribution in [0, 0.1) is 0 Å². The highest BCUT2D eigenvalue weighted by Gasteiger charge is 1.65. The van der Waals surface area contributed by atoms with Crippen molar-refractivity contribution in [2.45, 2.75) is 85.6 Å². The van der Waals surface area contributed by atoms with Crippen LogP contribution in [0.1, 0.15) is 85.6 Å². The Hall–Kier alpha value is -0.850. The molecule has 11 N–H and O–H groups in total. The lowest BCUT2D eigenvalue weighted by molar-refractivity contribution is -0.134. The van der Waals surface area contributed by atoms with Crippen molar-refractivity contribution >= 4 is 5.97 Å². The summed E-state index contributed by atoms with van der Waals surface area (Å²) in [5.41, 5.74) is 0. The third-order valence-corrected chi connectivity index (χ3v) is 0. The number of rotatable bonds is 0. The van der Waals surface area contributed by atoms with Gasteiger partial charge in [0.25, 0.3) is 5.97 Å². The van der Waals surface area contributed by atoms with Gasteiger partial charge in [-0.05, 0) is 41.5 Å². The summed E-state index contributed by atoms with van der Waals surface area (Å²) in [6, 6.07) is 0. The maximum absolute atomic E-state index is 9.00. The highest BCUT2D eigenvalue weighted by Crippen LogP contribution is 1.42. The highest BCUT2D eigenvalue weighted by molar-refractivity contribution is 5.62. The number of aliphatic hydroxyl groups is 6. The number of hydrogen-bond acceptors (Lipinski definition) is 7. The zero-order valence-corrected chi connectivity index (χ0v) is 16.3. The lowest BCUT2D eigenvalue weighted by atomic mass is 10.9. The van der Waals surface area contributed by atoms with Gasteiger partial charge in [-0.15, -0.1) is 0 Å². The molecule has 29 heavy (non-hydrogen) atoms. The molecule has 0 aliphatic carbocycles. The zero-order chi connectivity index (χ0) is 19.8. The lowest BCUT2D eigenvalue weighted by Crippen LogP contribution is -1.78. The fourth-order valence-corrected chi connectivity index (χ4v) is 0. The standard InChI is InChI=1S/C2H4O2.6C2H6O.5CH4.2H2O/c1-2(3)4;6*1-2-3;;;;;;;/h1H3,(H,3,4);6*3H,2H2,1H3;5*1H4;2*1H2. The summed E-state index contributed by atoms with van der Waals surface area (Å²) in [6.07, 6.45) is 0. The second-order valence-corrected chi connectivity index (χ2v) is 2.42. The van der Waals surface area contributed by atoms with Crippen LogP contribution in [0.2, 0.25) is 0 Å². The summed E-state index contributed by atoms with van der Waals surface area (Å²) in [6.45, 7) is 12.7. The van der Waals surface area contributed by atoms with Crippen molar-refractivity contribution in [3.8, 4) is 0 Å². The molecule has 0 aromatic heterocycles. The van der Waals surface area contributed by atoms with Gasteiger partial charge in [0.15, 0.2) is 0 Å². The van der Waals surface area contributed by atoms with Crippen LogP contribution in [0.15, 0.2) is 0 Å². The molecule has 0 aromatic rings. The Morgan fingerprint density at radius 1 is 0.483 bits per heavy atom. The van der Waals surface area contributed by atoms with Crippen LogP contribution in [-0.4, -0.2) is 92.3 Å². The Morgan fingerprint density at radius 2 is 0.483 bits per heavy atom. The molecule has 0 aromatic carbocycles. The van der Waals surface area contributed by atoms with Gasteiger partial charge < -0.3 is 46.7 Å². The van der Waals surface area contributed by atoms with Crippen LogP contribution >= 0.6 is 0 Å². The number of aliphatic hydroxyl groups excluding tert-OH is 6. The topological polar surface area (TPSA) is 222 Å². The minimum Gasteiger partial charge on any atom is -0.481 e. The summed E-state index contributed by atoms with van der Waals surface area (Å²) in [7, 11) is 0. The van der Waals surface area contributed by atoms with Crippen molar-refractivity contribution in [1.29, 1.82) is 0 Å². The van der Waals surface area contributed by atoms with Gasteiger partial charge in [-0.2, -0.15) is 0 Å². The number of hydrogen-bond donors (Lipinski definition) is 7. The molecule has 10 heteroatoms. The van der Waals surface area contributed by atoms with Crippen molar-refractivity contribution in [1.82, 2.24) is 0 Å². The Morgan fingerprint density at radius 3 is 0.483 bits per heavy atom. The molecule has 0 fully saturated rings. The van der Waals surface area contributed by atoms with E-state index in [0.717, 1.165) is 6.92 Å². The molecule has 0 aliphatic heterocycles. The maximum Gasteiger partial charge on any atom is 0.300 e. The average Bonchev–Trinajstić information content (AvgIpc) is 2.33. The Labute approximate surface area is 183 Å². The van der Waals surface area contributed by atoms with E-state index in [1.807, 2.05) is 0 Å². The largest absolute Gasteiger partial charge is 0.481 e. The molecule has 0 heterocycles. The summed E-state index contributed by atoms with van der Waals surface area (Å²) >= 11 is 0. The van der Waals surface area contributed by atoms with Gasteiger partial charge >= 0.3 is 0 Å². The smallest absolute Gasteiger partial charge is 0.300 e. The molecule has 0 saturated carbocycles. The first kappa shape index (κ1) is 104. The van der Waals surface area contributed by atoms with E-state index in [4.69, 9.17) is 40.5 Å². The van der Waals surface area contributed by atoms with Crippen molar-refractivity contribution in [3.05, 3.63) is 0 Å². The number of carbonyl (C=O) groups is 1. The third kappa shape index (κ3) is 23800. The molecule has 0 unspecified atom stereocenters. The van der Waals surface area contributed by atoms with Crippen LogP contribution < -0.4 is 0 Å². The monoisotopic (exact) mass is 452 g/mol. The van der Waals surface area contributed by atoms with Crippen molar-refractivity contribution in [2.75, 3.05) is 39.6 Å². The molecule has 0 saturated heterocycles. The molecule has 200 valence electrons. The van der Waals surface area contributed by atoms with E-state index in [1.165, 1.54) is 0 Å². The maximum atomic E-state index is 9.00. The summed E-state index contributed by atoms with van der Waals surface area (Å²) in [5.74, 6) is -0.833. The average molecular weight is 453 g/mol. The Bertz CT molecular complexity index is 89.5. The van der Waals surface area contributed by atoms with Crippen molar-refractivity contribution in [2.24, 2.45) is 0 Å². The normalized spacial score (nSPS) is 4.59. The molecular weight excluding hydrogens is 388 g/mol. The second-order valence-electron chi connectivity index (χ2n) is 2.42. The van der Waals surface area contributed by atoms with Gasteiger partial charge in [-0.3, -0.25) is 4.79 Å². The fraction of sp³-hybridized carbons (Fsp3) is 0.947. The Balaban J connectivity index is -0.00000000727. The van der Waals surface area contributed by atoms with Gasteiger partial charge in [0, 0.05) is 46.6 Å². The first-order valence-electron chi connectivity index (χ1n) is 7.07. The third-order valence-electron chi connectivity index (χ3n) is 0. The van der Waals surface area contributed by atoms with Crippen molar-refractivity contribution < 1.29 is 51.5 Å². The molecule has 10 nitrogen and oxygen atoms in total. The summed E-state index contributed by atoms with van der Waals surface area (Å²) in [4.78, 5) is 9.00. The molecule has 0 rings (SSSR count). The van der Waals surface area contributed by atoms with E-state index in [2.05, 4.69) is 0 Å². The van der Waals surface area contributed by atoms with Crippen LogP contribution in [0.5, 0.6) is 0 Å². The summed E-state index contributed by atoms with van der Waals surface area (Å²) in [5, 5.41) is 52.8. The molecule has 0 amide bonds. The SMILES string of the molecule is C.C.C.C.C.CC(=O)O.CCO.CCO.CCO.CCO.CCO.CCO.O.O. The number of carboxylic acids is 1. The van der Waals surface area contributed by atoms with E-state index >= 15 is 0 Å². The van der Waals surface area contributed by atoms with Crippen LogP contribution in [0.4, 0.5) is 0 Å². The van der Waals surface area contributed by atoms with Gasteiger partial charge in [-0.25, -0.2) is 0 Å². The van der Waals surface area contributed by atoms with Crippen molar-refractivity contribution in [3.63, 3.8) is 0 Å². The van der Waals surface area contributed by atoms with Crippen LogP contribution in [0.25, 0.3) is 0 Å². The molecule has 0 radical (unpaired) electrons. The van der Waals surface area contributed by atoms with Gasteiger partial charge in [0.05, 0.1) is 0 Å². The molecular formula is C19H64O10. The van der Waals surface area contributed by atoms with E-state index in [1.54, 1.807) is 41.5 Å². The van der Waals surface area contributed by atoms with Crippen LogP contribution in [0.3, 0.4) is 0 Å². The number of carboxylic acid groups (broad SMARTS) is 1. The van der Waals surface area contributed by atoms with E-state index in [-0.39, 0.29) is 87.7 Å². The molecule has 0 bridgehead atoms. The van der Waals surface area contributed by atoms with Gasteiger partial charge in [0.2, 0.25) is 0 Å². The minimum absolute atomic E-state index is 0. The predicted molar refractivity (Wildman–Crippen MR) is 131 cm³/mol. The molecule has 0 spiro atoms. The first-order valence-corrected chi connectivity index (χ1v) is 7.07. The Kier molecular flexibility index (Phi) is 999. The lowest BCUT2D eigenvalue weighted by Gasteiger charge is -1.59. The zero-order valence-electron chi connectivity index (χ0n) is 16.3. The fourth-order valence-electron chi connectivity index (χ4n) is 0. The van der Waals surface area contributed by atoms with Crippen LogP contribution in [-0.2, 0) is 4.79 Å². The predicted octanol–water partition coefficient (Wildman–Crippen LogP) is 1.61. The molecule has 0 aliphatic rings. The highest BCUT2D eigenvalue weighted by atomic mass is 16.4. The van der Waals surface area contributed by atoms with E-state index < -0.39 is 5.97 Å². The van der Waals surface area contributed by atoms with E-state index in [0.29, 0.717) is 0 Å². The number of aliphatic carboxylic acids is 1. The second kappa shape index (κ2) is 280. The quantitative estimate of drug-likeness (QED) is 0.285. The molecule has 0 atom stereocenters. The first-order chi connectivity index (χ1) is 10.2. The minimum atomic E-state index is -0.833. The summed E-state index contributed by atoms with van der Waals surface area (Å²) < 4.78 is 0. The van der Waals surface area contributed by atoms with Gasteiger partial charge in [0.1, 0.15) is 0 Å². The van der Waals surface area contributed by atoms with E-state index in [9.17, 15) is 0 Å².